The van der Waals surface area contributed by atoms with Gasteiger partial charge in [-0.3, -0.25) is 0 Å². The summed E-state index contributed by atoms with van der Waals surface area (Å²) in [6.07, 6.45) is 7.08. The molecule has 0 aromatic heterocycles. The summed E-state index contributed by atoms with van der Waals surface area (Å²) in [5.41, 5.74) is 1.36. The molecule has 19 heavy (non-hydrogen) atoms. The van der Waals surface area contributed by atoms with E-state index in [1.807, 2.05) is 6.07 Å². The lowest BCUT2D eigenvalue weighted by Crippen LogP contribution is -2.91. The van der Waals surface area contributed by atoms with Crippen molar-refractivity contribution >= 4 is 0 Å². The molecule has 3 aliphatic rings. The third-order valence-electron chi connectivity index (χ3n) is 5.13. The lowest BCUT2D eigenvalue weighted by molar-refractivity contribution is -0.694. The Bertz CT molecular complexity index is 474. The lowest BCUT2D eigenvalue weighted by atomic mass is 9.95. The van der Waals surface area contributed by atoms with Crippen LogP contribution < -0.4 is 14.8 Å². The highest BCUT2D eigenvalue weighted by atomic mass is 16.7. The summed E-state index contributed by atoms with van der Waals surface area (Å²) in [4.78, 5) is 0. The van der Waals surface area contributed by atoms with Crippen LogP contribution in [0, 0.1) is 11.8 Å². The number of rotatable bonds is 4. The van der Waals surface area contributed by atoms with Crippen LogP contribution in [0.3, 0.4) is 0 Å². The lowest BCUT2D eigenvalue weighted by Gasteiger charge is -2.19. The van der Waals surface area contributed by atoms with Gasteiger partial charge in [-0.1, -0.05) is 6.07 Å². The Morgan fingerprint density at radius 2 is 2.05 bits per heavy atom. The molecule has 2 N–H and O–H groups in total. The van der Waals surface area contributed by atoms with Crippen LogP contribution >= 0.6 is 0 Å². The van der Waals surface area contributed by atoms with Crippen molar-refractivity contribution < 1.29 is 14.8 Å². The molecule has 1 heterocycles. The van der Waals surface area contributed by atoms with Crippen molar-refractivity contribution in [2.75, 3.05) is 13.3 Å². The molecule has 2 saturated carbocycles. The smallest absolute Gasteiger partial charge is 0.231 e. The van der Waals surface area contributed by atoms with Crippen LogP contribution in [-0.2, 0) is 6.42 Å². The van der Waals surface area contributed by atoms with Gasteiger partial charge in [0.25, 0.3) is 0 Å². The maximum atomic E-state index is 5.43. The zero-order valence-corrected chi connectivity index (χ0v) is 11.3. The minimum absolute atomic E-state index is 0.371. The van der Waals surface area contributed by atoms with Gasteiger partial charge in [-0.2, -0.15) is 0 Å². The Balaban J connectivity index is 1.30. The molecule has 1 aromatic rings. The number of hydrogen-bond donors (Lipinski definition) is 1. The van der Waals surface area contributed by atoms with Gasteiger partial charge in [0.15, 0.2) is 11.5 Å². The number of ether oxygens (including phenoxy) is 2. The van der Waals surface area contributed by atoms with Gasteiger partial charge >= 0.3 is 0 Å². The molecule has 3 nitrogen and oxygen atoms in total. The van der Waals surface area contributed by atoms with Crippen LogP contribution in [0.2, 0.25) is 0 Å². The number of nitrogens with two attached hydrogens (primary N) is 1. The fourth-order valence-corrected chi connectivity index (χ4v) is 4.14. The summed E-state index contributed by atoms with van der Waals surface area (Å²) in [7, 11) is 0. The topological polar surface area (TPSA) is 35.1 Å². The maximum absolute atomic E-state index is 5.43. The van der Waals surface area contributed by atoms with Crippen LogP contribution in [-0.4, -0.2) is 19.4 Å². The van der Waals surface area contributed by atoms with Gasteiger partial charge < -0.3 is 14.8 Å². The van der Waals surface area contributed by atoms with Crippen molar-refractivity contribution in [1.29, 1.82) is 0 Å². The standard InChI is InChI=1S/C16H21NO2/c1-3-13-7-12(1)8-14(13)17-6-5-11-2-4-15-16(9-11)19-10-18-15/h2,4,9,12-14,17H,1,3,5-8,10H2/p+1/t12-,13+,14+/m0/s1. The van der Waals surface area contributed by atoms with Crippen LogP contribution in [0.1, 0.15) is 31.2 Å². The highest BCUT2D eigenvalue weighted by molar-refractivity contribution is 5.44. The molecule has 2 aliphatic carbocycles. The summed E-state index contributed by atoms with van der Waals surface area (Å²) in [6.45, 7) is 1.57. The van der Waals surface area contributed by atoms with Gasteiger partial charge in [0, 0.05) is 18.8 Å². The molecular formula is C16H22NO2+. The van der Waals surface area contributed by atoms with E-state index in [1.54, 1.807) is 0 Å². The van der Waals surface area contributed by atoms with E-state index in [2.05, 4.69) is 17.4 Å². The van der Waals surface area contributed by atoms with E-state index in [0.717, 1.165) is 35.8 Å². The predicted molar refractivity (Wildman–Crippen MR) is 72.3 cm³/mol. The fraction of sp³-hybridized carbons (Fsp3) is 0.625. The minimum Gasteiger partial charge on any atom is -0.454 e. The molecule has 0 spiro atoms. The fourth-order valence-electron chi connectivity index (χ4n) is 4.14. The van der Waals surface area contributed by atoms with Gasteiger partial charge in [-0.25, -0.2) is 0 Å². The van der Waals surface area contributed by atoms with Gasteiger partial charge in [0.05, 0.1) is 12.6 Å². The van der Waals surface area contributed by atoms with Gasteiger partial charge in [-0.15, -0.1) is 0 Å². The van der Waals surface area contributed by atoms with Gasteiger partial charge in [0.2, 0.25) is 6.79 Å². The first-order chi connectivity index (χ1) is 9.38. The summed E-state index contributed by atoms with van der Waals surface area (Å²) in [6, 6.07) is 7.25. The molecule has 102 valence electrons. The first-order valence-electron chi connectivity index (χ1n) is 7.60. The Kier molecular flexibility index (Phi) is 2.87. The van der Waals surface area contributed by atoms with Crippen LogP contribution in [0.4, 0.5) is 0 Å². The van der Waals surface area contributed by atoms with Crippen molar-refractivity contribution in [3.8, 4) is 11.5 Å². The molecule has 0 amide bonds. The van der Waals surface area contributed by atoms with E-state index in [0.29, 0.717) is 6.79 Å². The number of quaternary nitrogens is 1. The monoisotopic (exact) mass is 260 g/mol. The largest absolute Gasteiger partial charge is 0.454 e. The molecule has 1 aliphatic heterocycles. The zero-order chi connectivity index (χ0) is 12.7. The number of fused-ring (bicyclic) bond motifs is 3. The normalized spacial score (nSPS) is 31.1. The first-order valence-corrected chi connectivity index (χ1v) is 7.60. The van der Waals surface area contributed by atoms with E-state index >= 15 is 0 Å². The van der Waals surface area contributed by atoms with E-state index < -0.39 is 0 Å². The SMILES string of the molecule is c1cc2c(cc1CC[NH2+][C@@H]1C[C@H]3CC[C@@H]1C3)OCO2. The molecule has 0 saturated heterocycles. The second kappa shape index (κ2) is 4.71. The van der Waals surface area contributed by atoms with Crippen molar-refractivity contribution in [3.05, 3.63) is 23.8 Å². The predicted octanol–water partition coefficient (Wildman–Crippen LogP) is 1.71. The Morgan fingerprint density at radius 3 is 2.89 bits per heavy atom. The highest BCUT2D eigenvalue weighted by Crippen LogP contribution is 2.43. The molecule has 3 atom stereocenters. The van der Waals surface area contributed by atoms with E-state index in [1.165, 1.54) is 37.8 Å². The molecule has 2 bridgehead atoms. The molecule has 1 aromatic carbocycles. The minimum atomic E-state index is 0.371. The third-order valence-corrected chi connectivity index (χ3v) is 5.13. The van der Waals surface area contributed by atoms with Crippen molar-refractivity contribution in [2.45, 2.75) is 38.1 Å². The van der Waals surface area contributed by atoms with Crippen LogP contribution in [0.15, 0.2) is 18.2 Å². The first kappa shape index (κ1) is 11.6. The number of hydrogen-bond acceptors (Lipinski definition) is 2. The van der Waals surface area contributed by atoms with Crippen molar-refractivity contribution in [3.63, 3.8) is 0 Å². The van der Waals surface area contributed by atoms with Crippen LogP contribution in [0.25, 0.3) is 0 Å². The molecule has 0 unspecified atom stereocenters. The maximum Gasteiger partial charge on any atom is 0.231 e. The molecule has 0 radical (unpaired) electrons. The Hall–Kier alpha value is -1.22. The average Bonchev–Trinajstić information content (AvgIpc) is 3.14. The second-order valence-electron chi connectivity index (χ2n) is 6.30. The van der Waals surface area contributed by atoms with Gasteiger partial charge in [-0.05, 0) is 42.9 Å². The molecular weight excluding hydrogens is 238 g/mol. The summed E-state index contributed by atoms with van der Waals surface area (Å²) in [5, 5.41) is 2.59. The zero-order valence-electron chi connectivity index (χ0n) is 11.3. The Labute approximate surface area is 114 Å². The molecule has 4 rings (SSSR count). The summed E-state index contributed by atoms with van der Waals surface area (Å²) < 4.78 is 10.8. The molecule has 2 fully saturated rings. The second-order valence-corrected chi connectivity index (χ2v) is 6.30. The van der Waals surface area contributed by atoms with E-state index in [-0.39, 0.29) is 0 Å². The highest BCUT2D eigenvalue weighted by Gasteiger charge is 2.41. The summed E-state index contributed by atoms with van der Waals surface area (Å²) >= 11 is 0. The summed E-state index contributed by atoms with van der Waals surface area (Å²) in [5.74, 6) is 3.87. The van der Waals surface area contributed by atoms with Crippen LogP contribution in [0.5, 0.6) is 11.5 Å². The van der Waals surface area contributed by atoms with E-state index in [9.17, 15) is 0 Å². The average molecular weight is 260 g/mol. The van der Waals surface area contributed by atoms with Crippen molar-refractivity contribution in [2.24, 2.45) is 11.8 Å². The quantitative estimate of drug-likeness (QED) is 0.894. The third kappa shape index (κ3) is 2.20. The number of benzene rings is 1. The van der Waals surface area contributed by atoms with Gasteiger partial charge in [0.1, 0.15) is 0 Å². The van der Waals surface area contributed by atoms with E-state index in [4.69, 9.17) is 9.47 Å². The van der Waals surface area contributed by atoms with Crippen molar-refractivity contribution in [1.82, 2.24) is 0 Å². The Morgan fingerprint density at radius 1 is 1.11 bits per heavy atom. The molecule has 3 heteroatoms.